The molecule has 0 unspecified atom stereocenters. The van der Waals surface area contributed by atoms with Crippen molar-refractivity contribution in [2.75, 3.05) is 7.11 Å². The van der Waals surface area contributed by atoms with Crippen molar-refractivity contribution < 1.29 is 9.53 Å². The van der Waals surface area contributed by atoms with Crippen LogP contribution in [0, 0.1) is 6.92 Å². The molecule has 1 N–H and O–H groups in total. The number of carbonyl (C=O) groups excluding carboxylic acids is 1. The molecular formula is C19H21NO2. The van der Waals surface area contributed by atoms with Gasteiger partial charge in [0.15, 0.2) is 0 Å². The molecule has 0 radical (unpaired) electrons. The fraction of sp³-hybridized carbons (Fsp3) is 0.316. The van der Waals surface area contributed by atoms with E-state index in [9.17, 15) is 4.79 Å². The Hall–Kier alpha value is -2.29. The molecule has 0 heterocycles. The summed E-state index contributed by atoms with van der Waals surface area (Å²) in [6, 6.07) is 14.4. The van der Waals surface area contributed by atoms with Gasteiger partial charge in [0.1, 0.15) is 5.75 Å². The van der Waals surface area contributed by atoms with Crippen LogP contribution >= 0.6 is 0 Å². The van der Waals surface area contributed by atoms with E-state index in [2.05, 4.69) is 23.5 Å². The third kappa shape index (κ3) is 2.98. The van der Waals surface area contributed by atoms with Gasteiger partial charge in [-0.25, -0.2) is 0 Å². The molecule has 0 saturated carbocycles. The molecule has 3 nitrogen and oxygen atoms in total. The fourth-order valence-corrected chi connectivity index (χ4v) is 3.11. The van der Waals surface area contributed by atoms with E-state index in [1.54, 1.807) is 7.11 Å². The molecule has 0 bridgehead atoms. The van der Waals surface area contributed by atoms with Crippen LogP contribution in [0.15, 0.2) is 42.5 Å². The van der Waals surface area contributed by atoms with Gasteiger partial charge < -0.3 is 10.1 Å². The molecule has 114 valence electrons. The van der Waals surface area contributed by atoms with Gasteiger partial charge in [-0.1, -0.05) is 36.4 Å². The first-order valence-electron chi connectivity index (χ1n) is 7.68. The van der Waals surface area contributed by atoms with Crippen molar-refractivity contribution in [2.45, 2.75) is 32.2 Å². The lowest BCUT2D eigenvalue weighted by Gasteiger charge is -2.14. The van der Waals surface area contributed by atoms with E-state index in [-0.39, 0.29) is 11.9 Å². The van der Waals surface area contributed by atoms with Gasteiger partial charge in [-0.2, -0.15) is 0 Å². The third-order valence-electron chi connectivity index (χ3n) is 4.31. The molecule has 3 rings (SSSR count). The molecule has 0 spiro atoms. The molecule has 0 fully saturated rings. The standard InChI is InChI=1S/C19H21NO2/c1-13-7-8-14(11-18(13)22-2)12-19(21)20-17-10-9-15-5-3-4-6-16(15)17/h3-8,11,17H,9-10,12H2,1-2H3,(H,20,21)/t17-/m1/s1. The van der Waals surface area contributed by atoms with Crippen molar-refractivity contribution in [1.82, 2.24) is 5.32 Å². The number of carbonyl (C=O) groups is 1. The van der Waals surface area contributed by atoms with Crippen molar-refractivity contribution in [3.05, 3.63) is 64.7 Å². The quantitative estimate of drug-likeness (QED) is 0.939. The smallest absolute Gasteiger partial charge is 0.224 e. The van der Waals surface area contributed by atoms with Crippen molar-refractivity contribution in [3.8, 4) is 5.75 Å². The Balaban J connectivity index is 1.66. The van der Waals surface area contributed by atoms with Gasteiger partial charge >= 0.3 is 0 Å². The summed E-state index contributed by atoms with van der Waals surface area (Å²) in [4.78, 5) is 12.3. The highest BCUT2D eigenvalue weighted by molar-refractivity contribution is 5.79. The lowest BCUT2D eigenvalue weighted by Crippen LogP contribution is -2.28. The Morgan fingerprint density at radius 2 is 2.09 bits per heavy atom. The molecule has 0 aromatic heterocycles. The SMILES string of the molecule is COc1cc(CC(=O)N[C@@H]2CCc3ccccc32)ccc1C. The summed E-state index contributed by atoms with van der Waals surface area (Å²) in [5.74, 6) is 0.893. The minimum Gasteiger partial charge on any atom is -0.496 e. The van der Waals surface area contributed by atoms with Crippen LogP contribution in [-0.2, 0) is 17.6 Å². The predicted molar refractivity (Wildman–Crippen MR) is 87.1 cm³/mol. The highest BCUT2D eigenvalue weighted by Gasteiger charge is 2.23. The van der Waals surface area contributed by atoms with Crippen LogP contribution in [0.5, 0.6) is 5.75 Å². The second kappa shape index (κ2) is 6.22. The summed E-state index contributed by atoms with van der Waals surface area (Å²) in [5.41, 5.74) is 4.67. The zero-order chi connectivity index (χ0) is 15.5. The number of ether oxygens (including phenoxy) is 1. The van der Waals surface area contributed by atoms with Gasteiger partial charge in [0.25, 0.3) is 0 Å². The summed E-state index contributed by atoms with van der Waals surface area (Å²) in [5, 5.41) is 3.16. The van der Waals surface area contributed by atoms with Crippen molar-refractivity contribution in [2.24, 2.45) is 0 Å². The van der Waals surface area contributed by atoms with E-state index in [0.717, 1.165) is 29.7 Å². The number of rotatable bonds is 4. The van der Waals surface area contributed by atoms with Crippen LogP contribution in [-0.4, -0.2) is 13.0 Å². The topological polar surface area (TPSA) is 38.3 Å². The average molecular weight is 295 g/mol. The number of nitrogens with one attached hydrogen (secondary N) is 1. The molecule has 0 aliphatic heterocycles. The Morgan fingerprint density at radius 1 is 1.27 bits per heavy atom. The number of amides is 1. The summed E-state index contributed by atoms with van der Waals surface area (Å²) in [6.45, 7) is 2.00. The second-order valence-electron chi connectivity index (χ2n) is 5.84. The molecule has 22 heavy (non-hydrogen) atoms. The summed E-state index contributed by atoms with van der Waals surface area (Å²) in [6.07, 6.45) is 2.41. The molecule has 1 aliphatic carbocycles. The number of hydrogen-bond donors (Lipinski definition) is 1. The Bertz CT molecular complexity index is 694. The van der Waals surface area contributed by atoms with Crippen LogP contribution in [0.25, 0.3) is 0 Å². The monoisotopic (exact) mass is 295 g/mol. The maximum Gasteiger partial charge on any atom is 0.224 e. The second-order valence-corrected chi connectivity index (χ2v) is 5.84. The van der Waals surface area contributed by atoms with Gasteiger partial charge in [-0.15, -0.1) is 0 Å². The van der Waals surface area contributed by atoms with Gasteiger partial charge in [-0.3, -0.25) is 4.79 Å². The normalized spacial score (nSPS) is 16.2. The number of hydrogen-bond acceptors (Lipinski definition) is 2. The van der Waals surface area contributed by atoms with Gasteiger partial charge in [0, 0.05) is 0 Å². The summed E-state index contributed by atoms with van der Waals surface area (Å²) < 4.78 is 5.32. The van der Waals surface area contributed by atoms with E-state index in [1.165, 1.54) is 11.1 Å². The maximum atomic E-state index is 12.3. The first-order valence-corrected chi connectivity index (χ1v) is 7.68. The van der Waals surface area contributed by atoms with E-state index in [4.69, 9.17) is 4.74 Å². The minimum atomic E-state index is 0.0626. The number of fused-ring (bicyclic) bond motifs is 1. The largest absolute Gasteiger partial charge is 0.496 e. The van der Waals surface area contributed by atoms with E-state index in [1.807, 2.05) is 31.2 Å². The van der Waals surface area contributed by atoms with E-state index in [0.29, 0.717) is 6.42 Å². The first-order chi connectivity index (χ1) is 10.7. The first kappa shape index (κ1) is 14.6. The van der Waals surface area contributed by atoms with Crippen LogP contribution in [0.3, 0.4) is 0 Å². The van der Waals surface area contributed by atoms with Crippen LogP contribution in [0.1, 0.15) is 34.7 Å². The summed E-state index contributed by atoms with van der Waals surface area (Å²) in [7, 11) is 1.65. The zero-order valence-electron chi connectivity index (χ0n) is 13.1. The fourth-order valence-electron chi connectivity index (χ4n) is 3.11. The van der Waals surface area contributed by atoms with Crippen LogP contribution in [0.2, 0.25) is 0 Å². The van der Waals surface area contributed by atoms with Crippen molar-refractivity contribution in [1.29, 1.82) is 0 Å². The Morgan fingerprint density at radius 3 is 2.91 bits per heavy atom. The minimum absolute atomic E-state index is 0.0626. The van der Waals surface area contributed by atoms with Crippen molar-refractivity contribution >= 4 is 5.91 Å². The average Bonchev–Trinajstić information content (AvgIpc) is 2.92. The number of aryl methyl sites for hydroxylation is 2. The third-order valence-corrected chi connectivity index (χ3v) is 4.31. The molecule has 2 aromatic rings. The van der Waals surface area contributed by atoms with Gasteiger partial charge in [-0.05, 0) is 48.1 Å². The maximum absolute atomic E-state index is 12.3. The Kier molecular flexibility index (Phi) is 4.14. The van der Waals surface area contributed by atoms with Crippen LogP contribution < -0.4 is 10.1 Å². The molecule has 1 aliphatic rings. The molecule has 0 saturated heterocycles. The number of methoxy groups -OCH3 is 1. The Labute approximate surface area is 131 Å². The number of benzene rings is 2. The lowest BCUT2D eigenvalue weighted by atomic mass is 10.1. The highest BCUT2D eigenvalue weighted by Crippen LogP contribution is 2.30. The van der Waals surface area contributed by atoms with Gasteiger partial charge in [0.05, 0.1) is 19.6 Å². The van der Waals surface area contributed by atoms with Crippen LogP contribution in [0.4, 0.5) is 0 Å². The van der Waals surface area contributed by atoms with E-state index < -0.39 is 0 Å². The molecule has 1 atom stereocenters. The molecule has 3 heteroatoms. The molecule has 2 aromatic carbocycles. The van der Waals surface area contributed by atoms with Crippen molar-refractivity contribution in [3.63, 3.8) is 0 Å². The van der Waals surface area contributed by atoms with Gasteiger partial charge in [0.2, 0.25) is 5.91 Å². The molecular weight excluding hydrogens is 274 g/mol. The zero-order valence-corrected chi connectivity index (χ0v) is 13.1. The predicted octanol–water partition coefficient (Wildman–Crippen LogP) is 3.35. The van der Waals surface area contributed by atoms with E-state index >= 15 is 0 Å². The highest BCUT2D eigenvalue weighted by atomic mass is 16.5. The summed E-state index contributed by atoms with van der Waals surface area (Å²) >= 11 is 0. The lowest BCUT2D eigenvalue weighted by molar-refractivity contribution is -0.121. The molecule has 1 amide bonds.